The van der Waals surface area contributed by atoms with Crippen LogP contribution in [0.4, 0.5) is 0 Å². The van der Waals surface area contributed by atoms with Crippen molar-refractivity contribution in [3.63, 3.8) is 0 Å². The van der Waals surface area contributed by atoms with Gasteiger partial charge in [0.1, 0.15) is 11.5 Å². The Balaban J connectivity index is 1.97. The third-order valence-corrected chi connectivity index (χ3v) is 5.95. The third kappa shape index (κ3) is 3.73. The molecule has 0 heterocycles. The molecule has 0 aromatic heterocycles. The van der Waals surface area contributed by atoms with Crippen molar-refractivity contribution >= 4 is 45.2 Å². The molecule has 0 spiro atoms. The molecule has 4 heteroatoms. The van der Waals surface area contributed by atoms with E-state index < -0.39 is 0 Å². The molecule has 22 heavy (non-hydrogen) atoms. The van der Waals surface area contributed by atoms with Crippen LogP contribution in [0.5, 0.6) is 23.0 Å². The lowest BCUT2D eigenvalue weighted by Gasteiger charge is -2.15. The quantitative estimate of drug-likeness (QED) is 0.372. The fraction of sp³-hybridized carbons (Fsp3) is 0. The van der Waals surface area contributed by atoms with Gasteiger partial charge in [0.05, 0.1) is 3.57 Å². The second-order valence-electron chi connectivity index (χ2n) is 4.52. The highest BCUT2D eigenvalue weighted by Gasteiger charge is 2.14. The van der Waals surface area contributed by atoms with Crippen LogP contribution in [0.1, 0.15) is 0 Å². The van der Waals surface area contributed by atoms with E-state index in [1.165, 1.54) is 0 Å². The SMILES string of the molecule is Ic1ccc(Oc2ccccc2)c(Oc2ccccc2)c1I. The molecule has 0 aliphatic rings. The second-order valence-corrected chi connectivity index (χ2v) is 6.76. The summed E-state index contributed by atoms with van der Waals surface area (Å²) in [5.41, 5.74) is 0. The highest BCUT2D eigenvalue weighted by molar-refractivity contribution is 14.1. The number of rotatable bonds is 4. The van der Waals surface area contributed by atoms with Crippen LogP contribution in [0.15, 0.2) is 72.8 Å². The average Bonchev–Trinajstić information content (AvgIpc) is 2.56. The van der Waals surface area contributed by atoms with Gasteiger partial charge in [-0.1, -0.05) is 36.4 Å². The maximum absolute atomic E-state index is 6.06. The summed E-state index contributed by atoms with van der Waals surface area (Å²) in [6.45, 7) is 0. The number of para-hydroxylation sites is 2. The van der Waals surface area contributed by atoms with Crippen LogP contribution in [0, 0.1) is 7.14 Å². The molecule has 0 saturated carbocycles. The number of ether oxygens (including phenoxy) is 2. The van der Waals surface area contributed by atoms with E-state index in [0.29, 0.717) is 5.75 Å². The number of halogens is 2. The molecule has 0 radical (unpaired) electrons. The number of benzene rings is 3. The molecule has 0 bridgehead atoms. The van der Waals surface area contributed by atoms with Crippen molar-refractivity contribution < 1.29 is 9.47 Å². The molecule has 3 aromatic carbocycles. The Hall–Kier alpha value is -1.28. The molecular weight excluding hydrogens is 502 g/mol. The van der Waals surface area contributed by atoms with Gasteiger partial charge in [0, 0.05) is 3.57 Å². The Morgan fingerprint density at radius 3 is 1.73 bits per heavy atom. The molecule has 0 N–H and O–H groups in total. The first-order valence-electron chi connectivity index (χ1n) is 6.68. The molecule has 110 valence electrons. The molecule has 3 aromatic rings. The van der Waals surface area contributed by atoms with Crippen LogP contribution in [0.2, 0.25) is 0 Å². The van der Waals surface area contributed by atoms with E-state index >= 15 is 0 Å². The van der Waals surface area contributed by atoms with E-state index in [4.69, 9.17) is 9.47 Å². The van der Waals surface area contributed by atoms with Gasteiger partial charge in [-0.3, -0.25) is 0 Å². The summed E-state index contributed by atoms with van der Waals surface area (Å²) < 4.78 is 14.2. The lowest BCUT2D eigenvalue weighted by Crippen LogP contribution is -1.95. The lowest BCUT2D eigenvalue weighted by atomic mass is 10.3. The molecule has 0 saturated heterocycles. The van der Waals surface area contributed by atoms with E-state index in [2.05, 4.69) is 45.2 Å². The minimum atomic E-state index is 0.708. The average molecular weight is 514 g/mol. The predicted octanol–water partition coefficient (Wildman–Crippen LogP) is 6.48. The summed E-state index contributed by atoms with van der Waals surface area (Å²) in [6.07, 6.45) is 0. The van der Waals surface area contributed by atoms with Gasteiger partial charge in [0.2, 0.25) is 0 Å². The summed E-state index contributed by atoms with van der Waals surface area (Å²) in [7, 11) is 0. The first kappa shape index (κ1) is 15.6. The number of hydrogen-bond acceptors (Lipinski definition) is 2. The van der Waals surface area contributed by atoms with Crippen LogP contribution < -0.4 is 9.47 Å². The zero-order valence-electron chi connectivity index (χ0n) is 11.5. The van der Waals surface area contributed by atoms with Gasteiger partial charge in [-0.15, -0.1) is 0 Å². The highest BCUT2D eigenvalue weighted by atomic mass is 127. The first-order chi connectivity index (χ1) is 10.7. The molecule has 2 nitrogen and oxygen atoms in total. The van der Waals surface area contributed by atoms with E-state index in [1.807, 2.05) is 72.8 Å². The van der Waals surface area contributed by atoms with Crippen LogP contribution in [0.25, 0.3) is 0 Å². The molecule has 0 unspecified atom stereocenters. The van der Waals surface area contributed by atoms with Crippen LogP contribution in [-0.4, -0.2) is 0 Å². The lowest BCUT2D eigenvalue weighted by molar-refractivity contribution is 0.416. The van der Waals surface area contributed by atoms with E-state index in [1.54, 1.807) is 0 Å². The fourth-order valence-corrected chi connectivity index (χ4v) is 2.89. The van der Waals surface area contributed by atoms with E-state index in [9.17, 15) is 0 Å². The van der Waals surface area contributed by atoms with Crippen molar-refractivity contribution in [2.45, 2.75) is 0 Å². The monoisotopic (exact) mass is 514 g/mol. The topological polar surface area (TPSA) is 18.5 Å². The van der Waals surface area contributed by atoms with Gasteiger partial charge in [-0.05, 0) is 81.6 Å². The van der Waals surface area contributed by atoms with E-state index in [-0.39, 0.29) is 0 Å². The standard InChI is InChI=1S/C18H12I2O2/c19-15-11-12-16(21-13-7-3-1-4-8-13)18(17(15)20)22-14-9-5-2-6-10-14/h1-12H. The zero-order chi connectivity index (χ0) is 15.4. The second kappa shape index (κ2) is 7.32. The normalized spacial score (nSPS) is 10.3. The Kier molecular flexibility index (Phi) is 5.20. The summed E-state index contributed by atoms with van der Waals surface area (Å²) >= 11 is 4.58. The van der Waals surface area contributed by atoms with Gasteiger partial charge >= 0.3 is 0 Å². The highest BCUT2D eigenvalue weighted by Crippen LogP contribution is 2.40. The third-order valence-electron chi connectivity index (χ3n) is 2.95. The maximum Gasteiger partial charge on any atom is 0.184 e. The summed E-state index contributed by atoms with van der Waals surface area (Å²) in [5.74, 6) is 3.03. The summed E-state index contributed by atoms with van der Waals surface area (Å²) in [6, 6.07) is 23.4. The molecular formula is C18H12I2O2. The fourth-order valence-electron chi connectivity index (χ4n) is 1.91. The van der Waals surface area contributed by atoms with Gasteiger partial charge in [0.25, 0.3) is 0 Å². The molecule has 0 aliphatic carbocycles. The van der Waals surface area contributed by atoms with Crippen molar-refractivity contribution in [1.82, 2.24) is 0 Å². The van der Waals surface area contributed by atoms with Crippen LogP contribution in [0.3, 0.4) is 0 Å². The van der Waals surface area contributed by atoms with Crippen molar-refractivity contribution in [1.29, 1.82) is 0 Å². The van der Waals surface area contributed by atoms with Gasteiger partial charge < -0.3 is 9.47 Å². The zero-order valence-corrected chi connectivity index (χ0v) is 15.8. The summed E-state index contributed by atoms with van der Waals surface area (Å²) in [5, 5.41) is 0. The van der Waals surface area contributed by atoms with Crippen molar-refractivity contribution in [3.05, 3.63) is 79.9 Å². The van der Waals surface area contributed by atoms with Gasteiger partial charge in [-0.2, -0.15) is 0 Å². The molecule has 0 amide bonds. The van der Waals surface area contributed by atoms with Gasteiger partial charge in [-0.25, -0.2) is 0 Å². The van der Waals surface area contributed by atoms with Crippen molar-refractivity contribution in [2.24, 2.45) is 0 Å². The Labute approximate surface area is 156 Å². The van der Waals surface area contributed by atoms with E-state index in [0.717, 1.165) is 24.4 Å². The Morgan fingerprint density at radius 1 is 0.591 bits per heavy atom. The largest absolute Gasteiger partial charge is 0.453 e. The minimum Gasteiger partial charge on any atom is -0.453 e. The summed E-state index contributed by atoms with van der Waals surface area (Å²) in [4.78, 5) is 0. The molecule has 0 atom stereocenters. The maximum atomic E-state index is 6.06. The predicted molar refractivity (Wildman–Crippen MR) is 105 cm³/mol. The Bertz CT molecular complexity index is 759. The van der Waals surface area contributed by atoms with Crippen molar-refractivity contribution in [3.8, 4) is 23.0 Å². The molecule has 0 fully saturated rings. The van der Waals surface area contributed by atoms with Gasteiger partial charge in [0.15, 0.2) is 11.5 Å². The Morgan fingerprint density at radius 2 is 1.14 bits per heavy atom. The molecule has 3 rings (SSSR count). The van der Waals surface area contributed by atoms with Crippen molar-refractivity contribution in [2.75, 3.05) is 0 Å². The number of hydrogen-bond donors (Lipinski definition) is 0. The first-order valence-corrected chi connectivity index (χ1v) is 8.83. The van der Waals surface area contributed by atoms with Crippen LogP contribution in [-0.2, 0) is 0 Å². The smallest absolute Gasteiger partial charge is 0.184 e. The van der Waals surface area contributed by atoms with Crippen LogP contribution >= 0.6 is 45.2 Å². The minimum absolute atomic E-state index is 0.708. The molecule has 0 aliphatic heterocycles.